The van der Waals surface area contributed by atoms with Crippen molar-refractivity contribution in [3.63, 3.8) is 0 Å². The van der Waals surface area contributed by atoms with Crippen LogP contribution in [0, 0.1) is 10.1 Å². The van der Waals surface area contributed by atoms with Gasteiger partial charge < -0.3 is 5.32 Å². The summed E-state index contributed by atoms with van der Waals surface area (Å²) in [6, 6.07) is 12.8. The van der Waals surface area contributed by atoms with E-state index in [1.165, 1.54) is 12.1 Å². The van der Waals surface area contributed by atoms with Gasteiger partial charge in [-0.1, -0.05) is 30.3 Å². The average Bonchev–Trinajstić information content (AvgIpc) is 2.63. The number of amides is 1. The molecule has 0 aliphatic rings. The largest absolute Gasteiger partial charge is 0.352 e. The van der Waals surface area contributed by atoms with Gasteiger partial charge in [0.1, 0.15) is 6.54 Å². The number of hydrogen-bond acceptors (Lipinski definition) is 5. The lowest BCUT2D eigenvalue weighted by Gasteiger charge is -2.12. The van der Waals surface area contributed by atoms with E-state index in [2.05, 4.69) is 10.4 Å². The summed E-state index contributed by atoms with van der Waals surface area (Å²) in [4.78, 5) is 35.4. The predicted octanol–water partition coefficient (Wildman–Crippen LogP) is 2.50. The number of aromatic nitrogens is 2. The molecule has 0 radical (unpaired) electrons. The second-order valence-corrected chi connectivity index (χ2v) is 6.39. The van der Waals surface area contributed by atoms with Crippen molar-refractivity contribution < 1.29 is 9.72 Å². The van der Waals surface area contributed by atoms with Crippen molar-refractivity contribution in [2.75, 3.05) is 0 Å². The minimum Gasteiger partial charge on any atom is -0.352 e. The topological polar surface area (TPSA) is 107 Å². The number of nitro groups is 1. The number of hydrogen-bond donors (Lipinski definition) is 1. The zero-order chi connectivity index (χ0) is 19.6. The number of nitro benzene ring substituents is 1. The van der Waals surface area contributed by atoms with Crippen LogP contribution in [-0.4, -0.2) is 26.7 Å². The van der Waals surface area contributed by atoms with Crippen LogP contribution in [0.3, 0.4) is 0 Å². The third-order valence-corrected chi connectivity index (χ3v) is 3.94. The first kappa shape index (κ1) is 18.2. The molecule has 3 aromatic rings. The molecular formula is C19H18N4O4. The lowest BCUT2D eigenvalue weighted by atomic mass is 10.0. The standard InChI is InChI=1S/C19H18N4O4/c1-12(2)20-17(24)11-22-19(25)16-9-4-3-8-15(16)18(21-22)13-6-5-7-14(10-13)23(26)27/h3-10,12H,11H2,1-2H3,(H,20,24). The van der Waals surface area contributed by atoms with Gasteiger partial charge in [-0.05, 0) is 19.9 Å². The highest BCUT2D eigenvalue weighted by Gasteiger charge is 2.16. The molecule has 1 amide bonds. The number of carbonyl (C=O) groups is 1. The molecule has 8 heteroatoms. The normalized spacial score (nSPS) is 10.9. The Kier molecular flexibility index (Phi) is 4.98. The van der Waals surface area contributed by atoms with Gasteiger partial charge in [0.15, 0.2) is 0 Å². The number of rotatable bonds is 5. The summed E-state index contributed by atoms with van der Waals surface area (Å²) in [5.74, 6) is -0.333. The first-order valence-corrected chi connectivity index (χ1v) is 8.41. The van der Waals surface area contributed by atoms with Gasteiger partial charge in [0.25, 0.3) is 11.2 Å². The van der Waals surface area contributed by atoms with Crippen molar-refractivity contribution in [3.05, 3.63) is 69.0 Å². The molecule has 1 heterocycles. The fourth-order valence-corrected chi connectivity index (χ4v) is 2.83. The number of benzene rings is 2. The van der Waals surface area contributed by atoms with Gasteiger partial charge in [-0.2, -0.15) is 5.10 Å². The van der Waals surface area contributed by atoms with Crippen molar-refractivity contribution in [1.82, 2.24) is 15.1 Å². The van der Waals surface area contributed by atoms with Crippen molar-refractivity contribution in [2.45, 2.75) is 26.4 Å². The molecule has 0 fully saturated rings. The van der Waals surface area contributed by atoms with Crippen LogP contribution in [0.25, 0.3) is 22.0 Å². The van der Waals surface area contributed by atoms with E-state index >= 15 is 0 Å². The molecule has 0 aliphatic heterocycles. The molecule has 2 aromatic carbocycles. The van der Waals surface area contributed by atoms with Gasteiger partial charge in [0.05, 0.1) is 16.0 Å². The van der Waals surface area contributed by atoms with Crippen LogP contribution in [0.2, 0.25) is 0 Å². The molecule has 0 aliphatic carbocycles. The van der Waals surface area contributed by atoms with E-state index < -0.39 is 10.5 Å². The summed E-state index contributed by atoms with van der Waals surface area (Å²) in [6.07, 6.45) is 0. The van der Waals surface area contributed by atoms with Crippen LogP contribution in [0.4, 0.5) is 5.69 Å². The molecule has 0 atom stereocenters. The second-order valence-electron chi connectivity index (χ2n) is 6.39. The summed E-state index contributed by atoms with van der Waals surface area (Å²) < 4.78 is 1.09. The van der Waals surface area contributed by atoms with Crippen molar-refractivity contribution >= 4 is 22.4 Å². The van der Waals surface area contributed by atoms with Crippen LogP contribution in [0.5, 0.6) is 0 Å². The molecule has 27 heavy (non-hydrogen) atoms. The fourth-order valence-electron chi connectivity index (χ4n) is 2.83. The molecular weight excluding hydrogens is 348 g/mol. The van der Waals surface area contributed by atoms with Gasteiger partial charge >= 0.3 is 0 Å². The molecule has 0 saturated heterocycles. The number of nitrogens with one attached hydrogen (secondary N) is 1. The Bertz CT molecular complexity index is 1090. The Morgan fingerprint density at radius 2 is 1.89 bits per heavy atom. The first-order valence-electron chi connectivity index (χ1n) is 8.41. The monoisotopic (exact) mass is 366 g/mol. The second kappa shape index (κ2) is 7.36. The maximum Gasteiger partial charge on any atom is 0.275 e. The Morgan fingerprint density at radius 1 is 1.19 bits per heavy atom. The van der Waals surface area contributed by atoms with Crippen LogP contribution >= 0.6 is 0 Å². The lowest BCUT2D eigenvalue weighted by Crippen LogP contribution is -2.37. The molecule has 3 rings (SSSR count). The van der Waals surface area contributed by atoms with E-state index in [9.17, 15) is 19.7 Å². The van der Waals surface area contributed by atoms with E-state index in [0.717, 1.165) is 4.68 Å². The highest BCUT2D eigenvalue weighted by Crippen LogP contribution is 2.27. The molecule has 0 unspecified atom stereocenters. The Morgan fingerprint density at radius 3 is 2.56 bits per heavy atom. The molecule has 1 N–H and O–H groups in total. The average molecular weight is 366 g/mol. The van der Waals surface area contributed by atoms with E-state index in [-0.39, 0.29) is 24.2 Å². The number of fused-ring (bicyclic) bond motifs is 1. The Labute approximate surface area is 154 Å². The maximum atomic E-state index is 12.7. The van der Waals surface area contributed by atoms with Crippen LogP contribution in [0.1, 0.15) is 13.8 Å². The molecule has 1 aromatic heterocycles. The van der Waals surface area contributed by atoms with E-state index in [4.69, 9.17) is 0 Å². The van der Waals surface area contributed by atoms with Gasteiger partial charge in [-0.25, -0.2) is 4.68 Å². The zero-order valence-electron chi connectivity index (χ0n) is 14.9. The number of non-ortho nitro benzene ring substituents is 1. The first-order chi connectivity index (χ1) is 12.9. The third kappa shape index (κ3) is 3.84. The van der Waals surface area contributed by atoms with Gasteiger partial charge in [-0.3, -0.25) is 19.7 Å². The molecule has 0 saturated carbocycles. The lowest BCUT2D eigenvalue weighted by molar-refractivity contribution is -0.384. The number of nitrogens with zero attached hydrogens (tertiary/aromatic N) is 3. The highest BCUT2D eigenvalue weighted by molar-refractivity contribution is 5.94. The van der Waals surface area contributed by atoms with Crippen LogP contribution in [-0.2, 0) is 11.3 Å². The third-order valence-electron chi connectivity index (χ3n) is 3.94. The molecule has 8 nitrogen and oxygen atoms in total. The van der Waals surface area contributed by atoms with E-state index in [1.807, 2.05) is 13.8 Å². The van der Waals surface area contributed by atoms with Crippen LogP contribution < -0.4 is 10.9 Å². The summed E-state index contributed by atoms with van der Waals surface area (Å²) in [7, 11) is 0. The van der Waals surface area contributed by atoms with Crippen molar-refractivity contribution in [3.8, 4) is 11.3 Å². The quantitative estimate of drug-likeness (QED) is 0.551. The summed E-state index contributed by atoms with van der Waals surface area (Å²) in [6.45, 7) is 3.41. The van der Waals surface area contributed by atoms with Gasteiger partial charge in [0.2, 0.25) is 5.91 Å². The van der Waals surface area contributed by atoms with Crippen molar-refractivity contribution in [1.29, 1.82) is 0 Å². The summed E-state index contributed by atoms with van der Waals surface area (Å²) in [5, 5.41) is 19.1. The van der Waals surface area contributed by atoms with Gasteiger partial charge in [-0.15, -0.1) is 0 Å². The Balaban J connectivity index is 2.19. The molecule has 138 valence electrons. The highest BCUT2D eigenvalue weighted by atomic mass is 16.6. The minimum atomic E-state index is -0.488. The molecule has 0 bridgehead atoms. The molecule has 0 spiro atoms. The predicted molar refractivity (Wildman–Crippen MR) is 101 cm³/mol. The number of carbonyl (C=O) groups excluding carboxylic acids is 1. The zero-order valence-corrected chi connectivity index (χ0v) is 14.9. The summed E-state index contributed by atoms with van der Waals surface area (Å²) in [5.41, 5.74) is 0.442. The Hall–Kier alpha value is -3.55. The van der Waals surface area contributed by atoms with Crippen molar-refractivity contribution in [2.24, 2.45) is 0 Å². The minimum absolute atomic E-state index is 0.0649. The summed E-state index contributed by atoms with van der Waals surface area (Å²) >= 11 is 0. The SMILES string of the molecule is CC(C)NC(=O)Cn1nc(-c2cccc([N+](=O)[O-])c2)c2ccccc2c1=O. The van der Waals surface area contributed by atoms with Gasteiger partial charge in [0, 0.05) is 29.1 Å². The van der Waals surface area contributed by atoms with E-state index in [1.54, 1.807) is 36.4 Å². The van der Waals surface area contributed by atoms with Crippen LogP contribution in [0.15, 0.2) is 53.3 Å². The maximum absolute atomic E-state index is 12.7. The fraction of sp³-hybridized carbons (Fsp3) is 0.211. The smallest absolute Gasteiger partial charge is 0.275 e. The van der Waals surface area contributed by atoms with E-state index in [0.29, 0.717) is 22.0 Å².